The number of hydrogen-bond donors (Lipinski definition) is 0. The average molecular weight is 267 g/mol. The highest BCUT2D eigenvalue weighted by Crippen LogP contribution is 2.35. The van der Waals surface area contributed by atoms with Crippen LogP contribution < -0.4 is 0 Å². The highest BCUT2D eigenvalue weighted by molar-refractivity contribution is 6.04. The summed E-state index contributed by atoms with van der Waals surface area (Å²) in [5.74, 6) is 0.412. The quantitative estimate of drug-likeness (QED) is 0.590. The van der Waals surface area contributed by atoms with E-state index in [4.69, 9.17) is 4.42 Å². The number of nitrogens with zero attached hydrogens (tertiary/aromatic N) is 1. The number of benzene rings is 1. The van der Waals surface area contributed by atoms with Crippen molar-refractivity contribution in [1.29, 1.82) is 0 Å². The molecule has 2 aromatic heterocycles. The smallest absolute Gasteiger partial charge is 0.227 e. The van der Waals surface area contributed by atoms with E-state index in [2.05, 4.69) is 69.9 Å². The zero-order valence-corrected chi connectivity index (χ0v) is 12.8. The molecule has 20 heavy (non-hydrogen) atoms. The van der Waals surface area contributed by atoms with Gasteiger partial charge in [-0.15, -0.1) is 0 Å². The average Bonchev–Trinajstić information content (AvgIpc) is 2.74. The molecule has 0 saturated heterocycles. The molecular weight excluding hydrogens is 246 g/mol. The minimum atomic E-state index is 0.0638. The van der Waals surface area contributed by atoms with Crippen LogP contribution in [0.2, 0.25) is 0 Å². The number of hydrogen-bond acceptors (Lipinski definition) is 2. The third kappa shape index (κ3) is 2.00. The van der Waals surface area contributed by atoms with Crippen molar-refractivity contribution < 1.29 is 4.42 Å². The topological polar surface area (TPSA) is 26.0 Å². The summed E-state index contributed by atoms with van der Waals surface area (Å²) in [6.07, 6.45) is 0. The fraction of sp³-hybridized carbons (Fsp3) is 0.389. The highest BCUT2D eigenvalue weighted by atomic mass is 16.3. The largest absolute Gasteiger partial charge is 0.437 e. The predicted molar refractivity (Wildman–Crippen MR) is 84.3 cm³/mol. The Balaban J connectivity index is 2.36. The summed E-state index contributed by atoms with van der Waals surface area (Å²) in [5.41, 5.74) is 4.10. The van der Waals surface area contributed by atoms with Crippen LogP contribution in [0.3, 0.4) is 0 Å². The van der Waals surface area contributed by atoms with Gasteiger partial charge < -0.3 is 4.42 Å². The van der Waals surface area contributed by atoms with Gasteiger partial charge in [-0.25, -0.2) is 4.98 Å². The Bertz CT molecular complexity index is 775. The normalized spacial score (nSPS) is 12.7. The molecule has 0 unspecified atom stereocenters. The standard InChI is InChI=1S/C18H21NO/c1-11(2)15-10-9-13-12-7-6-8-14(18(3,4)5)16(12)20-17(13)19-15/h6-11H,1-5H3. The van der Waals surface area contributed by atoms with E-state index in [1.54, 1.807) is 0 Å². The van der Waals surface area contributed by atoms with Crippen LogP contribution in [0.1, 0.15) is 51.8 Å². The zero-order valence-electron chi connectivity index (χ0n) is 12.8. The molecule has 0 aliphatic carbocycles. The molecule has 3 rings (SSSR count). The highest BCUT2D eigenvalue weighted by Gasteiger charge is 2.21. The number of pyridine rings is 1. The van der Waals surface area contributed by atoms with Crippen LogP contribution in [0.5, 0.6) is 0 Å². The SMILES string of the molecule is CC(C)c1ccc2c(n1)oc1c(C(C)(C)C)cccc12. The van der Waals surface area contributed by atoms with Gasteiger partial charge in [0.15, 0.2) is 0 Å². The van der Waals surface area contributed by atoms with Gasteiger partial charge in [-0.05, 0) is 23.5 Å². The van der Waals surface area contributed by atoms with E-state index in [1.807, 2.05) is 0 Å². The molecule has 0 fully saturated rings. The fourth-order valence-electron chi connectivity index (χ4n) is 2.61. The maximum atomic E-state index is 6.09. The first kappa shape index (κ1) is 13.2. The lowest BCUT2D eigenvalue weighted by molar-refractivity contribution is 0.569. The van der Waals surface area contributed by atoms with Crippen molar-refractivity contribution in [2.24, 2.45) is 0 Å². The molecule has 0 aliphatic heterocycles. The van der Waals surface area contributed by atoms with Crippen molar-refractivity contribution in [3.63, 3.8) is 0 Å². The Hall–Kier alpha value is -1.83. The number of aromatic nitrogens is 1. The van der Waals surface area contributed by atoms with Crippen molar-refractivity contribution in [3.05, 3.63) is 41.6 Å². The summed E-state index contributed by atoms with van der Waals surface area (Å²) in [7, 11) is 0. The van der Waals surface area contributed by atoms with Crippen LogP contribution in [0.4, 0.5) is 0 Å². The molecule has 0 saturated carbocycles. The maximum absolute atomic E-state index is 6.09. The van der Waals surface area contributed by atoms with Gasteiger partial charge in [-0.2, -0.15) is 0 Å². The molecule has 1 aromatic carbocycles. The van der Waals surface area contributed by atoms with Crippen molar-refractivity contribution in [2.45, 2.75) is 46.0 Å². The van der Waals surface area contributed by atoms with E-state index in [0.29, 0.717) is 5.92 Å². The summed E-state index contributed by atoms with van der Waals surface area (Å²) >= 11 is 0. The molecule has 3 aromatic rings. The fourth-order valence-corrected chi connectivity index (χ4v) is 2.61. The molecule has 2 heterocycles. The van der Waals surface area contributed by atoms with E-state index < -0.39 is 0 Å². The lowest BCUT2D eigenvalue weighted by Crippen LogP contribution is -2.10. The summed E-state index contributed by atoms with van der Waals surface area (Å²) in [4.78, 5) is 4.67. The monoisotopic (exact) mass is 267 g/mol. The Labute approximate surface area is 119 Å². The molecule has 0 atom stereocenters. The van der Waals surface area contributed by atoms with Gasteiger partial charge >= 0.3 is 0 Å². The van der Waals surface area contributed by atoms with Crippen LogP contribution in [0.25, 0.3) is 22.1 Å². The van der Waals surface area contributed by atoms with Gasteiger partial charge in [0, 0.05) is 22.0 Å². The molecule has 2 heteroatoms. The van der Waals surface area contributed by atoms with Crippen molar-refractivity contribution in [2.75, 3.05) is 0 Å². The third-order valence-electron chi connectivity index (χ3n) is 3.79. The minimum Gasteiger partial charge on any atom is -0.437 e. The number of fused-ring (bicyclic) bond motifs is 3. The van der Waals surface area contributed by atoms with Gasteiger partial charge in [-0.3, -0.25) is 0 Å². The minimum absolute atomic E-state index is 0.0638. The first-order valence-electron chi connectivity index (χ1n) is 7.20. The number of furan rings is 1. The van der Waals surface area contributed by atoms with Crippen molar-refractivity contribution in [1.82, 2.24) is 4.98 Å². The van der Waals surface area contributed by atoms with Crippen LogP contribution in [-0.4, -0.2) is 4.98 Å². The Kier molecular flexibility index (Phi) is 2.86. The van der Waals surface area contributed by atoms with Crippen molar-refractivity contribution in [3.8, 4) is 0 Å². The number of para-hydroxylation sites is 1. The Morgan fingerprint density at radius 1 is 1.00 bits per heavy atom. The molecule has 104 valence electrons. The van der Waals surface area contributed by atoms with E-state index >= 15 is 0 Å². The van der Waals surface area contributed by atoms with E-state index in [-0.39, 0.29) is 5.41 Å². The molecule has 0 N–H and O–H groups in total. The second-order valence-corrected chi connectivity index (χ2v) is 6.78. The maximum Gasteiger partial charge on any atom is 0.227 e. The second-order valence-electron chi connectivity index (χ2n) is 6.78. The third-order valence-corrected chi connectivity index (χ3v) is 3.79. The van der Waals surface area contributed by atoms with Crippen LogP contribution in [0.15, 0.2) is 34.7 Å². The lowest BCUT2D eigenvalue weighted by Gasteiger charge is -2.18. The van der Waals surface area contributed by atoms with Crippen molar-refractivity contribution >= 4 is 22.1 Å². The van der Waals surface area contributed by atoms with Crippen LogP contribution >= 0.6 is 0 Å². The van der Waals surface area contributed by atoms with E-state index in [9.17, 15) is 0 Å². The van der Waals surface area contributed by atoms with Crippen LogP contribution in [0, 0.1) is 0 Å². The van der Waals surface area contributed by atoms with Gasteiger partial charge in [0.25, 0.3) is 0 Å². The molecule has 0 radical (unpaired) electrons. The van der Waals surface area contributed by atoms with Gasteiger partial charge in [-0.1, -0.05) is 52.8 Å². The first-order chi connectivity index (χ1) is 9.38. The predicted octanol–water partition coefficient (Wildman–Crippen LogP) is 5.40. The van der Waals surface area contributed by atoms with E-state index in [0.717, 1.165) is 27.8 Å². The molecule has 0 bridgehead atoms. The molecule has 0 spiro atoms. The Morgan fingerprint density at radius 3 is 2.40 bits per heavy atom. The zero-order chi connectivity index (χ0) is 14.5. The summed E-state index contributed by atoms with van der Waals surface area (Å²) < 4.78 is 6.09. The summed E-state index contributed by atoms with van der Waals surface area (Å²) in [6, 6.07) is 10.6. The Morgan fingerprint density at radius 2 is 1.75 bits per heavy atom. The van der Waals surface area contributed by atoms with Gasteiger partial charge in [0.05, 0.1) is 0 Å². The lowest BCUT2D eigenvalue weighted by atomic mass is 9.86. The van der Waals surface area contributed by atoms with Gasteiger partial charge in [0.2, 0.25) is 5.71 Å². The molecular formula is C18H21NO. The molecule has 2 nitrogen and oxygen atoms in total. The number of rotatable bonds is 1. The van der Waals surface area contributed by atoms with Crippen LogP contribution in [-0.2, 0) is 5.41 Å². The summed E-state index contributed by atoms with van der Waals surface area (Å²) in [5, 5.41) is 2.27. The second kappa shape index (κ2) is 4.34. The molecule has 0 amide bonds. The molecule has 0 aliphatic rings. The van der Waals surface area contributed by atoms with Gasteiger partial charge in [0.1, 0.15) is 5.58 Å². The van der Waals surface area contributed by atoms with E-state index in [1.165, 1.54) is 5.56 Å². The summed E-state index contributed by atoms with van der Waals surface area (Å²) in [6.45, 7) is 10.9. The first-order valence-corrected chi connectivity index (χ1v) is 7.20.